The molecule has 3 aromatic rings. The number of thiazole rings is 1. The molecule has 158 valence electrons. The third kappa shape index (κ3) is 6.65. The van der Waals surface area contributed by atoms with Crippen molar-refractivity contribution in [2.24, 2.45) is 0 Å². The Balaban J connectivity index is 1.75. The van der Waals surface area contributed by atoms with E-state index in [0.717, 1.165) is 28.2 Å². The van der Waals surface area contributed by atoms with Crippen LogP contribution in [0.1, 0.15) is 34.8 Å². The lowest BCUT2D eigenvalue weighted by Crippen LogP contribution is -2.31. The zero-order chi connectivity index (χ0) is 21.6. The van der Waals surface area contributed by atoms with Crippen LogP contribution >= 0.6 is 11.3 Å². The minimum Gasteiger partial charge on any atom is -0.346 e. The first kappa shape index (κ1) is 21.9. The molecule has 0 aliphatic heterocycles. The van der Waals surface area contributed by atoms with Gasteiger partial charge in [0.2, 0.25) is 5.91 Å². The monoisotopic (exact) mass is 445 g/mol. The van der Waals surface area contributed by atoms with E-state index in [2.05, 4.69) is 10.3 Å². The number of amides is 1. The van der Waals surface area contributed by atoms with Gasteiger partial charge in [-0.15, -0.1) is 11.3 Å². The predicted molar refractivity (Wildman–Crippen MR) is 118 cm³/mol. The quantitative estimate of drug-likeness (QED) is 0.437. The summed E-state index contributed by atoms with van der Waals surface area (Å²) in [5, 5.41) is 5.90. The van der Waals surface area contributed by atoms with Gasteiger partial charge in [-0.1, -0.05) is 49.4 Å². The van der Waals surface area contributed by atoms with Crippen molar-refractivity contribution < 1.29 is 17.8 Å². The molecule has 3 rings (SSSR count). The van der Waals surface area contributed by atoms with E-state index in [1.165, 1.54) is 11.3 Å². The minimum atomic E-state index is -4.32. The number of hydrogen-bond donors (Lipinski definition) is 3. The molecule has 0 saturated heterocycles. The first-order chi connectivity index (χ1) is 14.3. The third-order valence-electron chi connectivity index (χ3n) is 4.41. The van der Waals surface area contributed by atoms with E-state index in [9.17, 15) is 13.2 Å². The average Bonchev–Trinajstić information content (AvgIpc) is 3.18. The molecule has 3 N–H and O–H groups in total. The number of aromatic nitrogens is 1. The maximum atomic E-state index is 12.6. The third-order valence-corrected chi connectivity index (χ3v) is 5.91. The summed E-state index contributed by atoms with van der Waals surface area (Å²) < 4.78 is 32.8. The summed E-state index contributed by atoms with van der Waals surface area (Å²) in [6, 6.07) is 15.8. The Morgan fingerprint density at radius 1 is 1.10 bits per heavy atom. The summed E-state index contributed by atoms with van der Waals surface area (Å²) >= 11 is 1.51. The van der Waals surface area contributed by atoms with Crippen LogP contribution in [0.3, 0.4) is 0 Å². The van der Waals surface area contributed by atoms with E-state index in [-0.39, 0.29) is 24.1 Å². The highest BCUT2D eigenvalue weighted by Gasteiger charge is 2.19. The lowest BCUT2D eigenvalue weighted by atomic mass is 10.0. The summed E-state index contributed by atoms with van der Waals surface area (Å²) in [4.78, 5) is 17.3. The van der Waals surface area contributed by atoms with Crippen LogP contribution in [0.15, 0.2) is 60.0 Å². The second-order valence-corrected chi connectivity index (χ2v) is 8.84. The summed E-state index contributed by atoms with van der Waals surface area (Å²) in [6.07, 6.45) is 1.60. The van der Waals surface area contributed by atoms with Gasteiger partial charge in [-0.3, -0.25) is 14.1 Å². The number of hydrogen-bond acceptors (Lipinski definition) is 5. The van der Waals surface area contributed by atoms with Crippen molar-refractivity contribution in [3.05, 3.63) is 81.8 Å². The van der Waals surface area contributed by atoms with Crippen LogP contribution in [0.25, 0.3) is 0 Å². The molecule has 0 aliphatic carbocycles. The number of carbonyl (C=O) groups excluding carboxylic acids is 1. The molecule has 0 spiro atoms. The predicted octanol–water partition coefficient (Wildman–Crippen LogP) is 3.56. The molecule has 1 aromatic heterocycles. The normalized spacial score (nSPS) is 12.3. The molecule has 7 nitrogen and oxygen atoms in total. The van der Waals surface area contributed by atoms with Crippen molar-refractivity contribution >= 4 is 33.2 Å². The topological polar surface area (TPSA) is 108 Å². The zero-order valence-corrected chi connectivity index (χ0v) is 18.0. The van der Waals surface area contributed by atoms with E-state index in [0.29, 0.717) is 6.42 Å². The van der Waals surface area contributed by atoms with E-state index < -0.39 is 10.3 Å². The van der Waals surface area contributed by atoms with E-state index in [1.807, 2.05) is 47.4 Å². The Labute approximate surface area is 180 Å². The van der Waals surface area contributed by atoms with Gasteiger partial charge in [0.05, 0.1) is 23.8 Å². The molecular formula is C21H23N3O4S2. The molecule has 1 atom stereocenters. The van der Waals surface area contributed by atoms with Crippen LogP contribution in [0.4, 0.5) is 5.69 Å². The number of benzene rings is 2. The van der Waals surface area contributed by atoms with Crippen LogP contribution < -0.4 is 10.0 Å². The second-order valence-electron chi connectivity index (χ2n) is 6.79. The fourth-order valence-corrected chi connectivity index (χ4v) is 4.35. The molecule has 0 saturated carbocycles. The van der Waals surface area contributed by atoms with Crippen LogP contribution in [-0.4, -0.2) is 23.9 Å². The smallest absolute Gasteiger partial charge is 0.346 e. The SMILES string of the molecule is CCc1csc([C@H](Cc2ccc(NS(=O)(=O)O)cc2)NC(=O)Cc2ccccc2)n1. The fraction of sp³-hybridized carbons (Fsp3) is 0.238. The van der Waals surface area contributed by atoms with Crippen molar-refractivity contribution in [2.45, 2.75) is 32.2 Å². The molecule has 0 fully saturated rings. The number of aryl methyl sites for hydroxylation is 1. The molecule has 0 bridgehead atoms. The molecule has 1 amide bonds. The van der Waals surface area contributed by atoms with Gasteiger partial charge in [0.15, 0.2) is 0 Å². The van der Waals surface area contributed by atoms with Gasteiger partial charge in [0, 0.05) is 5.38 Å². The van der Waals surface area contributed by atoms with Crippen molar-refractivity contribution in [2.75, 3.05) is 4.72 Å². The maximum absolute atomic E-state index is 12.6. The Bertz CT molecular complexity index is 1080. The highest BCUT2D eigenvalue weighted by Crippen LogP contribution is 2.24. The summed E-state index contributed by atoms with van der Waals surface area (Å²) in [6.45, 7) is 2.03. The van der Waals surface area contributed by atoms with Crippen molar-refractivity contribution in [3.63, 3.8) is 0 Å². The summed E-state index contributed by atoms with van der Waals surface area (Å²) in [7, 11) is -4.32. The van der Waals surface area contributed by atoms with Gasteiger partial charge in [0.1, 0.15) is 5.01 Å². The van der Waals surface area contributed by atoms with E-state index in [4.69, 9.17) is 4.55 Å². The van der Waals surface area contributed by atoms with Gasteiger partial charge in [-0.2, -0.15) is 8.42 Å². The van der Waals surface area contributed by atoms with Gasteiger partial charge >= 0.3 is 10.3 Å². The maximum Gasteiger partial charge on any atom is 0.357 e. The Morgan fingerprint density at radius 2 is 1.80 bits per heavy atom. The first-order valence-corrected chi connectivity index (χ1v) is 11.8. The van der Waals surface area contributed by atoms with Crippen molar-refractivity contribution in [3.8, 4) is 0 Å². The summed E-state index contributed by atoms with van der Waals surface area (Å²) in [5.74, 6) is -0.0934. The van der Waals surface area contributed by atoms with Gasteiger partial charge in [0.25, 0.3) is 0 Å². The van der Waals surface area contributed by atoms with E-state index >= 15 is 0 Å². The van der Waals surface area contributed by atoms with Crippen molar-refractivity contribution in [1.82, 2.24) is 10.3 Å². The van der Waals surface area contributed by atoms with Gasteiger partial charge < -0.3 is 5.32 Å². The molecule has 0 radical (unpaired) electrons. The van der Waals surface area contributed by atoms with Crippen LogP contribution in [0.5, 0.6) is 0 Å². The largest absolute Gasteiger partial charge is 0.357 e. The zero-order valence-electron chi connectivity index (χ0n) is 16.4. The summed E-state index contributed by atoms with van der Waals surface area (Å²) in [5.41, 5.74) is 3.07. The first-order valence-electron chi connectivity index (χ1n) is 9.44. The highest BCUT2D eigenvalue weighted by molar-refractivity contribution is 7.87. The second kappa shape index (κ2) is 9.84. The highest BCUT2D eigenvalue weighted by atomic mass is 32.2. The molecule has 1 heterocycles. The Kier molecular flexibility index (Phi) is 7.20. The molecule has 0 aliphatic rings. The minimum absolute atomic E-state index is 0.0934. The molecule has 2 aromatic carbocycles. The number of nitrogens with one attached hydrogen (secondary N) is 2. The lowest BCUT2D eigenvalue weighted by molar-refractivity contribution is -0.121. The van der Waals surface area contributed by atoms with Crippen LogP contribution in [0.2, 0.25) is 0 Å². The molecular weight excluding hydrogens is 422 g/mol. The van der Waals surface area contributed by atoms with Gasteiger partial charge in [-0.25, -0.2) is 4.98 Å². The standard InChI is InChI=1S/C21H23N3O4S2/c1-2-17-14-29-21(22-17)19(23-20(25)13-15-6-4-3-5-7-15)12-16-8-10-18(11-9-16)24-30(26,27)28/h3-11,14,19,24H,2,12-13H2,1H3,(H,23,25)(H,26,27,28)/t19-/m0/s1. The van der Waals surface area contributed by atoms with Crippen LogP contribution in [-0.2, 0) is 34.4 Å². The lowest BCUT2D eigenvalue weighted by Gasteiger charge is -2.17. The number of carbonyl (C=O) groups is 1. The number of nitrogens with zero attached hydrogens (tertiary/aromatic N) is 1. The Hall–Kier alpha value is -2.75. The number of anilines is 1. The molecule has 9 heteroatoms. The van der Waals surface area contributed by atoms with E-state index in [1.54, 1.807) is 24.3 Å². The molecule has 0 unspecified atom stereocenters. The fourth-order valence-electron chi connectivity index (χ4n) is 2.97. The Morgan fingerprint density at radius 3 is 2.40 bits per heavy atom. The molecule has 30 heavy (non-hydrogen) atoms. The number of rotatable bonds is 9. The van der Waals surface area contributed by atoms with Gasteiger partial charge in [-0.05, 0) is 36.1 Å². The van der Waals surface area contributed by atoms with Crippen LogP contribution in [0, 0.1) is 0 Å². The van der Waals surface area contributed by atoms with Crippen molar-refractivity contribution in [1.29, 1.82) is 0 Å². The average molecular weight is 446 g/mol.